The number of carbonyl (C=O) groups is 2. The molecule has 0 spiro atoms. The van der Waals surface area contributed by atoms with Crippen molar-refractivity contribution in [2.75, 3.05) is 13.1 Å². The van der Waals surface area contributed by atoms with Gasteiger partial charge in [-0.2, -0.15) is 0 Å². The molecule has 1 aliphatic rings. The predicted molar refractivity (Wildman–Crippen MR) is 99.3 cm³/mol. The summed E-state index contributed by atoms with van der Waals surface area (Å²) in [6.45, 7) is 2.06. The third-order valence-corrected chi connectivity index (χ3v) is 7.21. The minimum absolute atomic E-state index is 0.0739. The number of esters is 1. The van der Waals surface area contributed by atoms with Gasteiger partial charge in [0.1, 0.15) is 4.21 Å². The first kappa shape index (κ1) is 20.9. The van der Waals surface area contributed by atoms with Crippen LogP contribution in [0, 0.1) is 5.92 Å². The number of thiophene rings is 1. The molecule has 1 aromatic heterocycles. The zero-order valence-electron chi connectivity index (χ0n) is 14.9. The minimum atomic E-state index is -3.60. The summed E-state index contributed by atoms with van der Waals surface area (Å²) in [5.41, 5.74) is 0. The number of nitrogens with one attached hydrogen (secondary N) is 2. The first-order chi connectivity index (χ1) is 12.4. The molecule has 1 atom stereocenters. The Morgan fingerprint density at radius 3 is 2.69 bits per heavy atom. The highest BCUT2D eigenvalue weighted by molar-refractivity contribution is 7.91. The Kier molecular flexibility index (Phi) is 8.05. The molecule has 7 nitrogen and oxygen atoms in total. The van der Waals surface area contributed by atoms with Crippen LogP contribution in [0.3, 0.4) is 0 Å². The van der Waals surface area contributed by atoms with Crippen molar-refractivity contribution < 1.29 is 22.7 Å². The summed E-state index contributed by atoms with van der Waals surface area (Å²) in [4.78, 5) is 23.8. The van der Waals surface area contributed by atoms with E-state index >= 15 is 0 Å². The summed E-state index contributed by atoms with van der Waals surface area (Å²) < 4.78 is 31.5. The molecule has 1 amide bonds. The van der Waals surface area contributed by atoms with Gasteiger partial charge >= 0.3 is 5.97 Å². The number of amides is 1. The fourth-order valence-corrected chi connectivity index (χ4v) is 4.93. The maximum absolute atomic E-state index is 12.0. The van der Waals surface area contributed by atoms with Crippen molar-refractivity contribution in [1.29, 1.82) is 0 Å². The summed E-state index contributed by atoms with van der Waals surface area (Å²) in [7, 11) is -3.60. The van der Waals surface area contributed by atoms with Gasteiger partial charge in [0.2, 0.25) is 10.0 Å². The van der Waals surface area contributed by atoms with Gasteiger partial charge in [0.05, 0.1) is 6.42 Å². The Morgan fingerprint density at radius 2 is 2.04 bits per heavy atom. The van der Waals surface area contributed by atoms with Gasteiger partial charge in [0, 0.05) is 13.1 Å². The summed E-state index contributed by atoms with van der Waals surface area (Å²) in [5.74, 6) is -0.426. The average Bonchev–Trinajstić information content (AvgIpc) is 3.16. The second kappa shape index (κ2) is 10.0. The second-order valence-electron chi connectivity index (χ2n) is 6.46. The van der Waals surface area contributed by atoms with Gasteiger partial charge in [0.15, 0.2) is 6.10 Å². The molecule has 0 saturated heterocycles. The van der Waals surface area contributed by atoms with Crippen molar-refractivity contribution in [2.45, 2.75) is 55.8 Å². The number of rotatable bonds is 9. The lowest BCUT2D eigenvalue weighted by Gasteiger charge is -2.22. The Morgan fingerprint density at radius 1 is 1.31 bits per heavy atom. The average molecular weight is 403 g/mol. The molecule has 0 radical (unpaired) electrons. The van der Waals surface area contributed by atoms with Crippen LogP contribution in [-0.2, 0) is 24.3 Å². The van der Waals surface area contributed by atoms with Crippen molar-refractivity contribution in [2.24, 2.45) is 5.92 Å². The fourth-order valence-electron chi connectivity index (χ4n) is 2.86. The van der Waals surface area contributed by atoms with Crippen LogP contribution in [-0.4, -0.2) is 39.5 Å². The van der Waals surface area contributed by atoms with Crippen LogP contribution >= 0.6 is 11.3 Å². The highest BCUT2D eigenvalue weighted by Gasteiger charge is 2.21. The largest absolute Gasteiger partial charge is 0.453 e. The van der Waals surface area contributed by atoms with Gasteiger partial charge in [-0.05, 0) is 37.1 Å². The number of hydrogen-bond acceptors (Lipinski definition) is 6. The summed E-state index contributed by atoms with van der Waals surface area (Å²) in [5, 5.41) is 4.49. The van der Waals surface area contributed by atoms with Crippen molar-refractivity contribution in [3.63, 3.8) is 0 Å². The SMILES string of the molecule is CC(OC(=O)CCNS(=O)(=O)c1cccs1)C(=O)NCC1CCCCC1. The molecular weight excluding hydrogens is 376 g/mol. The highest BCUT2D eigenvalue weighted by atomic mass is 32.2. The number of hydrogen-bond donors (Lipinski definition) is 2. The van der Waals surface area contributed by atoms with Crippen molar-refractivity contribution in [3.05, 3.63) is 17.5 Å². The van der Waals surface area contributed by atoms with Crippen LogP contribution in [0.1, 0.15) is 45.4 Å². The molecule has 1 aromatic rings. The standard InChI is InChI=1S/C17H26N2O5S2/c1-13(17(21)18-12-14-6-3-2-4-7-14)24-15(20)9-10-19-26(22,23)16-8-5-11-25-16/h5,8,11,13-14,19H,2-4,6-7,9-10,12H2,1H3,(H,18,21). The Balaban J connectivity index is 1.65. The van der Waals surface area contributed by atoms with E-state index in [1.165, 1.54) is 32.3 Å². The van der Waals surface area contributed by atoms with E-state index in [4.69, 9.17) is 4.74 Å². The molecule has 1 aliphatic carbocycles. The van der Waals surface area contributed by atoms with E-state index in [1.807, 2.05) is 0 Å². The van der Waals surface area contributed by atoms with E-state index in [0.29, 0.717) is 12.5 Å². The first-order valence-corrected chi connectivity index (χ1v) is 11.2. The van der Waals surface area contributed by atoms with Crippen molar-refractivity contribution in [3.8, 4) is 0 Å². The molecule has 146 valence electrons. The van der Waals surface area contributed by atoms with Gasteiger partial charge in [-0.15, -0.1) is 11.3 Å². The Hall–Kier alpha value is -1.45. The van der Waals surface area contributed by atoms with Gasteiger partial charge in [0.25, 0.3) is 5.91 Å². The smallest absolute Gasteiger partial charge is 0.307 e. The van der Waals surface area contributed by atoms with E-state index in [0.717, 1.165) is 24.2 Å². The quantitative estimate of drug-likeness (QED) is 0.616. The highest BCUT2D eigenvalue weighted by Crippen LogP contribution is 2.22. The summed E-state index contributed by atoms with van der Waals surface area (Å²) in [6.07, 6.45) is 4.89. The predicted octanol–water partition coefficient (Wildman–Crippen LogP) is 2.04. The van der Waals surface area contributed by atoms with Crippen molar-refractivity contribution in [1.82, 2.24) is 10.0 Å². The maximum atomic E-state index is 12.0. The lowest BCUT2D eigenvalue weighted by Crippen LogP contribution is -2.39. The van der Waals surface area contributed by atoms with Gasteiger partial charge in [-0.1, -0.05) is 25.3 Å². The lowest BCUT2D eigenvalue weighted by molar-refractivity contribution is -0.154. The van der Waals surface area contributed by atoms with Crippen LogP contribution in [0.15, 0.2) is 21.7 Å². The molecule has 1 fully saturated rings. The molecule has 1 heterocycles. The molecule has 26 heavy (non-hydrogen) atoms. The third-order valence-electron chi connectivity index (χ3n) is 4.35. The topological polar surface area (TPSA) is 102 Å². The normalized spacial score (nSPS) is 16.8. The molecular formula is C17H26N2O5S2. The fraction of sp³-hybridized carbons (Fsp3) is 0.647. The van der Waals surface area contributed by atoms with Gasteiger partial charge < -0.3 is 10.1 Å². The number of carbonyl (C=O) groups excluding carboxylic acids is 2. The molecule has 1 saturated carbocycles. The van der Waals surface area contributed by atoms with Crippen LogP contribution in [0.4, 0.5) is 0 Å². The first-order valence-electron chi connectivity index (χ1n) is 8.89. The lowest BCUT2D eigenvalue weighted by atomic mass is 9.89. The van der Waals surface area contributed by atoms with E-state index < -0.39 is 22.1 Å². The number of sulfonamides is 1. The zero-order chi connectivity index (χ0) is 19.0. The molecule has 0 aromatic carbocycles. The second-order valence-corrected chi connectivity index (χ2v) is 9.40. The molecule has 0 aliphatic heterocycles. The third kappa shape index (κ3) is 6.69. The van der Waals surface area contributed by atoms with Crippen LogP contribution in [0.2, 0.25) is 0 Å². The minimum Gasteiger partial charge on any atom is -0.453 e. The summed E-state index contributed by atoms with van der Waals surface area (Å²) >= 11 is 1.10. The molecule has 2 N–H and O–H groups in total. The van der Waals surface area contributed by atoms with E-state index in [-0.39, 0.29) is 23.1 Å². The van der Waals surface area contributed by atoms with Crippen LogP contribution in [0.25, 0.3) is 0 Å². The van der Waals surface area contributed by atoms with E-state index in [1.54, 1.807) is 11.4 Å². The monoisotopic (exact) mass is 402 g/mol. The van der Waals surface area contributed by atoms with E-state index in [2.05, 4.69) is 10.0 Å². The van der Waals surface area contributed by atoms with Crippen LogP contribution in [0.5, 0.6) is 0 Å². The van der Waals surface area contributed by atoms with Crippen LogP contribution < -0.4 is 10.0 Å². The molecule has 1 unspecified atom stereocenters. The Labute approximate surface area is 158 Å². The Bertz CT molecular complexity index is 682. The zero-order valence-corrected chi connectivity index (χ0v) is 16.5. The van der Waals surface area contributed by atoms with Gasteiger partial charge in [-0.25, -0.2) is 13.1 Å². The van der Waals surface area contributed by atoms with Crippen molar-refractivity contribution >= 4 is 33.2 Å². The summed E-state index contributed by atoms with van der Waals surface area (Å²) in [6, 6.07) is 3.13. The molecule has 2 rings (SSSR count). The molecule has 0 bridgehead atoms. The molecule has 9 heteroatoms. The number of ether oxygens (including phenoxy) is 1. The van der Waals surface area contributed by atoms with E-state index in [9.17, 15) is 18.0 Å². The van der Waals surface area contributed by atoms with Gasteiger partial charge in [-0.3, -0.25) is 9.59 Å². The maximum Gasteiger partial charge on any atom is 0.307 e.